The summed E-state index contributed by atoms with van der Waals surface area (Å²) in [6.07, 6.45) is -1.41. The van der Waals surface area contributed by atoms with Gasteiger partial charge in [0, 0.05) is 11.8 Å². The topological polar surface area (TPSA) is 80.3 Å². The molecule has 0 amide bonds. The molecule has 0 spiro atoms. The Bertz CT molecular complexity index is 1410. The van der Waals surface area contributed by atoms with Gasteiger partial charge in [0.1, 0.15) is 11.5 Å². The third-order valence-electron chi connectivity index (χ3n) is 5.82. The van der Waals surface area contributed by atoms with Crippen LogP contribution in [0.15, 0.2) is 67.0 Å². The van der Waals surface area contributed by atoms with Crippen LogP contribution in [-0.2, 0) is 27.5 Å². The van der Waals surface area contributed by atoms with E-state index in [0.29, 0.717) is 22.5 Å². The highest BCUT2D eigenvalue weighted by Crippen LogP contribution is 2.35. The molecule has 0 aliphatic heterocycles. The molecule has 0 aliphatic rings. The molecule has 2 aromatic carbocycles. The molecule has 4 rings (SSSR count). The molecule has 0 unspecified atom stereocenters. The highest BCUT2D eigenvalue weighted by atomic mass is 19.4. The first-order valence-electron chi connectivity index (χ1n) is 10.8. The van der Waals surface area contributed by atoms with Gasteiger partial charge in [0.25, 0.3) is 0 Å². The summed E-state index contributed by atoms with van der Waals surface area (Å²) < 4.78 is 45.8. The smallest absolute Gasteiger partial charge is 0.416 e. The number of alkyl halides is 3. The van der Waals surface area contributed by atoms with E-state index in [1.165, 1.54) is 29.0 Å². The van der Waals surface area contributed by atoms with Gasteiger partial charge in [-0.1, -0.05) is 42.5 Å². The molecule has 2 heterocycles. The number of nitrogens with zero attached hydrogens (tertiary/aromatic N) is 4. The van der Waals surface area contributed by atoms with Gasteiger partial charge in [0.05, 0.1) is 29.6 Å². The van der Waals surface area contributed by atoms with Crippen molar-refractivity contribution in [1.82, 2.24) is 14.6 Å². The number of nitriles is 1. The summed E-state index contributed by atoms with van der Waals surface area (Å²) in [4.78, 5) is 17.6. The van der Waals surface area contributed by atoms with Gasteiger partial charge >= 0.3 is 12.1 Å². The average Bonchev–Trinajstić information content (AvgIpc) is 3.27. The molecule has 4 aromatic rings. The lowest BCUT2D eigenvalue weighted by atomic mass is 9.78. The minimum atomic E-state index is -4.45. The Balaban J connectivity index is 1.91. The Kier molecular flexibility index (Phi) is 6.31. The first-order chi connectivity index (χ1) is 16.7. The zero-order valence-electron chi connectivity index (χ0n) is 19.0. The highest BCUT2D eigenvalue weighted by Gasteiger charge is 2.42. The van der Waals surface area contributed by atoms with Gasteiger partial charge in [-0.05, 0) is 43.5 Å². The molecular weight excluding hydrogens is 457 g/mol. The second-order valence-corrected chi connectivity index (χ2v) is 8.22. The van der Waals surface area contributed by atoms with E-state index in [1.807, 2.05) is 30.3 Å². The number of hydrogen-bond acceptors (Lipinski definition) is 5. The van der Waals surface area contributed by atoms with Crippen LogP contribution in [0, 0.1) is 11.3 Å². The minimum absolute atomic E-state index is 0.144. The summed E-state index contributed by atoms with van der Waals surface area (Å²) in [6, 6.07) is 16.1. The van der Waals surface area contributed by atoms with E-state index in [0.717, 1.165) is 17.7 Å². The molecule has 0 bridgehead atoms. The Morgan fingerprint density at radius 1 is 1.09 bits per heavy atom. The zero-order chi connectivity index (χ0) is 25.2. The quantitative estimate of drug-likeness (QED) is 0.349. The van der Waals surface area contributed by atoms with E-state index in [-0.39, 0.29) is 18.6 Å². The summed E-state index contributed by atoms with van der Waals surface area (Å²) in [5.41, 5.74) is 0.474. The summed E-state index contributed by atoms with van der Waals surface area (Å²) in [5.74, 6) is -0.528. The molecule has 1 atom stereocenters. The molecule has 0 radical (unpaired) electrons. The lowest BCUT2D eigenvalue weighted by Crippen LogP contribution is -2.39. The maximum absolute atomic E-state index is 13.3. The summed E-state index contributed by atoms with van der Waals surface area (Å²) in [6.45, 7) is 3.53. The third kappa shape index (κ3) is 4.47. The van der Waals surface area contributed by atoms with Crippen LogP contribution in [0.1, 0.15) is 36.2 Å². The number of carbonyl (C=O) groups excluding carboxylic acids is 1. The van der Waals surface area contributed by atoms with Crippen LogP contribution < -0.4 is 0 Å². The van der Waals surface area contributed by atoms with Crippen molar-refractivity contribution >= 4 is 11.6 Å². The minimum Gasteiger partial charge on any atom is -0.465 e. The maximum atomic E-state index is 13.3. The van der Waals surface area contributed by atoms with Crippen molar-refractivity contribution in [2.24, 2.45) is 0 Å². The fourth-order valence-corrected chi connectivity index (χ4v) is 4.13. The van der Waals surface area contributed by atoms with Crippen molar-refractivity contribution in [2.75, 3.05) is 6.61 Å². The van der Waals surface area contributed by atoms with Gasteiger partial charge in [-0.3, -0.25) is 4.79 Å². The molecule has 6 nitrogen and oxygen atoms in total. The van der Waals surface area contributed by atoms with E-state index in [1.54, 1.807) is 13.8 Å². The van der Waals surface area contributed by atoms with E-state index < -0.39 is 23.1 Å². The normalized spacial score (nSPS) is 13.3. The molecule has 0 saturated heterocycles. The van der Waals surface area contributed by atoms with E-state index in [4.69, 9.17) is 4.74 Å². The summed E-state index contributed by atoms with van der Waals surface area (Å²) in [5, 5.41) is 14.3. The number of halogens is 3. The summed E-state index contributed by atoms with van der Waals surface area (Å²) >= 11 is 0. The lowest BCUT2D eigenvalue weighted by molar-refractivity contribution is -0.149. The van der Waals surface area contributed by atoms with Crippen LogP contribution >= 0.6 is 0 Å². The van der Waals surface area contributed by atoms with Crippen molar-refractivity contribution in [3.05, 3.63) is 89.4 Å². The van der Waals surface area contributed by atoms with E-state index >= 15 is 0 Å². The monoisotopic (exact) mass is 478 g/mol. The lowest BCUT2D eigenvalue weighted by Gasteiger charge is -2.29. The fraction of sp³-hybridized carbons (Fsp3) is 0.231. The molecule has 0 fully saturated rings. The summed E-state index contributed by atoms with van der Waals surface area (Å²) in [7, 11) is 0. The molecule has 0 aliphatic carbocycles. The van der Waals surface area contributed by atoms with E-state index in [9.17, 15) is 23.2 Å². The number of hydrogen-bond donors (Lipinski definition) is 0. The third-order valence-corrected chi connectivity index (χ3v) is 5.82. The van der Waals surface area contributed by atoms with Crippen molar-refractivity contribution in [3.8, 4) is 17.2 Å². The second-order valence-electron chi connectivity index (χ2n) is 8.22. The number of esters is 1. The maximum Gasteiger partial charge on any atom is 0.416 e. The highest BCUT2D eigenvalue weighted by molar-refractivity contribution is 5.85. The SMILES string of the molecule is CCOC(=O)[C@](C)(Cc1ccccc1)c1c(C#N)cnc2c(-c3ccc(C(F)(F)F)cc3)cnn12. The number of rotatable bonds is 6. The van der Waals surface area contributed by atoms with Gasteiger partial charge in [-0.25, -0.2) is 9.50 Å². The van der Waals surface area contributed by atoms with Crippen molar-refractivity contribution < 1.29 is 22.7 Å². The molecule has 2 aromatic heterocycles. The van der Waals surface area contributed by atoms with Crippen LogP contribution in [0.4, 0.5) is 13.2 Å². The van der Waals surface area contributed by atoms with Crippen molar-refractivity contribution in [3.63, 3.8) is 0 Å². The zero-order valence-corrected chi connectivity index (χ0v) is 19.0. The number of aromatic nitrogens is 3. The van der Waals surface area contributed by atoms with Gasteiger partial charge in [-0.2, -0.15) is 23.5 Å². The van der Waals surface area contributed by atoms with Crippen molar-refractivity contribution in [1.29, 1.82) is 5.26 Å². The number of ether oxygens (including phenoxy) is 1. The van der Waals surface area contributed by atoms with Gasteiger partial charge < -0.3 is 4.74 Å². The van der Waals surface area contributed by atoms with Crippen LogP contribution in [0.25, 0.3) is 16.8 Å². The second kappa shape index (κ2) is 9.22. The molecule has 35 heavy (non-hydrogen) atoms. The molecular formula is C26H21F3N4O2. The Morgan fingerprint density at radius 3 is 2.37 bits per heavy atom. The van der Waals surface area contributed by atoms with Crippen molar-refractivity contribution in [2.45, 2.75) is 31.9 Å². The average molecular weight is 478 g/mol. The number of benzene rings is 2. The number of carbonyl (C=O) groups is 1. The predicted octanol–water partition coefficient (Wildman–Crippen LogP) is 5.35. The van der Waals surface area contributed by atoms with Gasteiger partial charge in [0.15, 0.2) is 5.65 Å². The predicted molar refractivity (Wildman–Crippen MR) is 122 cm³/mol. The van der Waals surface area contributed by atoms with Gasteiger partial charge in [0.2, 0.25) is 0 Å². The van der Waals surface area contributed by atoms with Crippen LogP contribution in [0.5, 0.6) is 0 Å². The Labute approximate surface area is 199 Å². The largest absolute Gasteiger partial charge is 0.465 e. The molecule has 0 saturated carbocycles. The Hall–Kier alpha value is -4.19. The van der Waals surface area contributed by atoms with Crippen LogP contribution in [-0.4, -0.2) is 27.2 Å². The van der Waals surface area contributed by atoms with E-state index in [2.05, 4.69) is 16.2 Å². The molecule has 0 N–H and O–H groups in total. The fourth-order valence-electron chi connectivity index (χ4n) is 4.13. The number of fused-ring (bicyclic) bond motifs is 1. The standard InChI is InChI=1S/C26H21F3N4O2/c1-3-35-24(34)25(2,13-17-7-5-4-6-8-17)22-19(14-30)15-31-23-21(16-32-33(22)23)18-9-11-20(12-10-18)26(27,28)29/h4-12,15-16H,3,13H2,1-2H3/t25-/m1/s1. The molecule has 178 valence electrons. The first-order valence-corrected chi connectivity index (χ1v) is 10.8. The first kappa shape index (κ1) is 24.0. The Morgan fingerprint density at radius 2 is 1.77 bits per heavy atom. The molecule has 9 heteroatoms. The van der Waals surface area contributed by atoms with Crippen LogP contribution in [0.3, 0.4) is 0 Å². The van der Waals surface area contributed by atoms with Gasteiger partial charge in [-0.15, -0.1) is 0 Å². The van der Waals surface area contributed by atoms with Crippen LogP contribution in [0.2, 0.25) is 0 Å².